The van der Waals surface area contributed by atoms with Gasteiger partial charge in [0.25, 0.3) is 21.6 Å². The minimum absolute atomic E-state index is 0.0543. The first-order chi connectivity index (χ1) is 20.4. The number of hydrogen-bond donors (Lipinski definition) is 1. The molecule has 1 aliphatic rings. The number of nitrogens with zero attached hydrogens (tertiary/aromatic N) is 4. The largest absolute Gasteiger partial charge is 0.748 e. The van der Waals surface area contributed by atoms with Crippen molar-refractivity contribution >= 4 is 71.9 Å². The van der Waals surface area contributed by atoms with Crippen molar-refractivity contribution in [3.05, 3.63) is 79.7 Å². The fourth-order valence-corrected chi connectivity index (χ4v) is 6.94. The van der Waals surface area contributed by atoms with Crippen LogP contribution in [0.2, 0.25) is 10.0 Å². The standard InChI is InChI=1S/C28H32Cl2N4O8S2/c1-4-31-24-17-21(29)22(30)18-25(24)33(13-7-15-44(40,41)42)27(31)9-5-8-26-28(2,3)20-16-19(34(35)36)10-11-23(20)32(26)12-6-14-43(37,38)39/h5,8-11,16-18H,4,6-7,12-15H2,1-3H3,(H-,37,38,39,40,41,42). The van der Waals surface area contributed by atoms with Crippen LogP contribution in [-0.2, 0) is 38.7 Å². The number of anilines is 1. The number of aryl methyl sites for hydroxylation is 2. The summed E-state index contributed by atoms with van der Waals surface area (Å²) < 4.78 is 69.9. The van der Waals surface area contributed by atoms with E-state index < -0.39 is 42.1 Å². The predicted octanol–water partition coefficient (Wildman–Crippen LogP) is 5.07. The maximum Gasteiger partial charge on any atom is 0.282 e. The van der Waals surface area contributed by atoms with Crippen molar-refractivity contribution in [2.24, 2.45) is 0 Å². The van der Waals surface area contributed by atoms with Gasteiger partial charge in [-0.15, -0.1) is 0 Å². The van der Waals surface area contributed by atoms with Gasteiger partial charge in [-0.1, -0.05) is 43.1 Å². The molecule has 4 rings (SSSR count). The van der Waals surface area contributed by atoms with Crippen molar-refractivity contribution in [1.82, 2.24) is 4.57 Å². The molecular weight excluding hydrogens is 655 g/mol. The van der Waals surface area contributed by atoms with Crippen LogP contribution in [-0.4, -0.2) is 53.5 Å². The van der Waals surface area contributed by atoms with Crippen LogP contribution in [0.25, 0.3) is 17.1 Å². The number of aromatic nitrogens is 2. The highest BCUT2D eigenvalue weighted by molar-refractivity contribution is 7.85. The molecule has 0 fully saturated rings. The maximum absolute atomic E-state index is 11.5. The van der Waals surface area contributed by atoms with Crippen molar-refractivity contribution in [3.8, 4) is 0 Å². The Balaban J connectivity index is 1.82. The summed E-state index contributed by atoms with van der Waals surface area (Å²) in [6.45, 7) is 6.72. The first kappa shape index (κ1) is 33.9. The van der Waals surface area contributed by atoms with Crippen LogP contribution >= 0.6 is 23.2 Å². The number of nitro benzene ring substituents is 1. The SMILES string of the molecule is CCn1c(/C=C/C=C2/N(CCCS(=O)(=O)[O-])c3ccc([N+](=O)[O-])cc3C2(C)C)[n+](CCCS(=O)(=O)O)c2cc(Cl)c(Cl)cc21. The van der Waals surface area contributed by atoms with E-state index in [1.165, 1.54) is 12.1 Å². The minimum Gasteiger partial charge on any atom is -0.748 e. The van der Waals surface area contributed by atoms with Crippen molar-refractivity contribution in [3.63, 3.8) is 0 Å². The number of imidazole rings is 1. The van der Waals surface area contributed by atoms with Crippen LogP contribution in [0.3, 0.4) is 0 Å². The molecule has 3 aromatic rings. The monoisotopic (exact) mass is 686 g/mol. The summed E-state index contributed by atoms with van der Waals surface area (Å²) in [5.74, 6) is -0.290. The molecule has 44 heavy (non-hydrogen) atoms. The number of rotatable bonds is 12. The lowest BCUT2D eigenvalue weighted by molar-refractivity contribution is -0.673. The molecule has 0 amide bonds. The molecule has 238 valence electrons. The first-order valence-corrected chi connectivity index (χ1v) is 17.6. The van der Waals surface area contributed by atoms with Crippen molar-refractivity contribution < 1.29 is 35.4 Å². The Morgan fingerprint density at radius 3 is 2.36 bits per heavy atom. The van der Waals surface area contributed by atoms with E-state index in [4.69, 9.17) is 23.2 Å². The Morgan fingerprint density at radius 2 is 1.75 bits per heavy atom. The van der Waals surface area contributed by atoms with E-state index in [1.54, 1.807) is 24.3 Å². The van der Waals surface area contributed by atoms with E-state index in [2.05, 4.69) is 0 Å². The third-order valence-electron chi connectivity index (χ3n) is 7.61. The number of non-ortho nitro benzene ring substituents is 1. The zero-order chi connectivity index (χ0) is 32.6. The van der Waals surface area contributed by atoms with Crippen LogP contribution in [0.5, 0.6) is 0 Å². The van der Waals surface area contributed by atoms with Gasteiger partial charge in [-0.3, -0.25) is 14.7 Å². The number of nitro groups is 1. The van der Waals surface area contributed by atoms with E-state index >= 15 is 0 Å². The van der Waals surface area contributed by atoms with Gasteiger partial charge in [0.2, 0.25) is 0 Å². The van der Waals surface area contributed by atoms with Gasteiger partial charge in [-0.2, -0.15) is 8.42 Å². The average Bonchev–Trinajstić information content (AvgIpc) is 3.30. The summed E-state index contributed by atoms with van der Waals surface area (Å²) in [4.78, 5) is 12.9. The van der Waals surface area contributed by atoms with Crippen molar-refractivity contribution in [2.75, 3.05) is 23.0 Å². The molecule has 16 heteroatoms. The van der Waals surface area contributed by atoms with E-state index in [-0.39, 0.29) is 31.6 Å². The van der Waals surface area contributed by atoms with E-state index in [9.17, 15) is 36.1 Å². The van der Waals surface area contributed by atoms with E-state index in [1.807, 2.05) is 47.0 Å². The van der Waals surface area contributed by atoms with Gasteiger partial charge < -0.3 is 9.45 Å². The second-order valence-electron chi connectivity index (χ2n) is 10.9. The molecule has 2 heterocycles. The quantitative estimate of drug-likeness (QED) is 0.118. The minimum atomic E-state index is -4.44. The van der Waals surface area contributed by atoms with Gasteiger partial charge in [0, 0.05) is 65.9 Å². The molecule has 0 saturated heterocycles. The third-order valence-corrected chi connectivity index (χ3v) is 9.93. The topological polar surface area (TPSA) is 167 Å². The molecule has 0 atom stereocenters. The van der Waals surface area contributed by atoms with Crippen LogP contribution in [0, 0.1) is 10.1 Å². The molecule has 0 aliphatic carbocycles. The summed E-state index contributed by atoms with van der Waals surface area (Å²) in [5, 5.41) is 12.2. The smallest absolute Gasteiger partial charge is 0.282 e. The van der Waals surface area contributed by atoms with Gasteiger partial charge in [-0.25, -0.2) is 17.6 Å². The van der Waals surface area contributed by atoms with Crippen LogP contribution < -0.4 is 9.47 Å². The van der Waals surface area contributed by atoms with Crippen LogP contribution in [0.15, 0.2) is 48.2 Å². The van der Waals surface area contributed by atoms with Crippen LogP contribution in [0.4, 0.5) is 11.4 Å². The Bertz CT molecular complexity index is 1900. The van der Waals surface area contributed by atoms with Gasteiger partial charge in [0.15, 0.2) is 11.0 Å². The summed E-state index contributed by atoms with van der Waals surface area (Å²) in [5.41, 5.74) is 2.78. The molecule has 0 unspecified atom stereocenters. The average molecular weight is 688 g/mol. The lowest BCUT2D eigenvalue weighted by atomic mass is 9.83. The Morgan fingerprint density at radius 1 is 1.07 bits per heavy atom. The fourth-order valence-electron chi connectivity index (χ4n) is 5.65. The summed E-state index contributed by atoms with van der Waals surface area (Å²) in [6, 6.07) is 7.94. The fraction of sp³-hybridized carbons (Fsp3) is 0.393. The van der Waals surface area contributed by atoms with Crippen molar-refractivity contribution in [2.45, 2.75) is 52.1 Å². The van der Waals surface area contributed by atoms with E-state index in [0.717, 1.165) is 11.2 Å². The Hall–Kier alpha value is -3.01. The molecule has 0 saturated carbocycles. The molecule has 0 radical (unpaired) electrons. The number of halogens is 2. The molecule has 0 spiro atoms. The lowest BCUT2D eigenvalue weighted by Gasteiger charge is -2.27. The van der Waals surface area contributed by atoms with Crippen LogP contribution in [0.1, 0.15) is 45.0 Å². The highest BCUT2D eigenvalue weighted by Crippen LogP contribution is 2.49. The number of fused-ring (bicyclic) bond motifs is 2. The van der Waals surface area contributed by atoms with Crippen molar-refractivity contribution in [1.29, 1.82) is 0 Å². The molecule has 1 N–H and O–H groups in total. The maximum atomic E-state index is 11.5. The molecule has 12 nitrogen and oxygen atoms in total. The third kappa shape index (κ3) is 7.27. The summed E-state index contributed by atoms with van der Waals surface area (Å²) in [7, 11) is -8.61. The zero-order valence-corrected chi connectivity index (χ0v) is 27.4. The van der Waals surface area contributed by atoms with Gasteiger partial charge >= 0.3 is 0 Å². The second-order valence-corrected chi connectivity index (χ2v) is 14.8. The van der Waals surface area contributed by atoms with Gasteiger partial charge in [0.1, 0.15) is 0 Å². The molecule has 0 bridgehead atoms. The highest BCUT2D eigenvalue weighted by atomic mass is 35.5. The first-order valence-electron chi connectivity index (χ1n) is 13.7. The molecule has 2 aromatic carbocycles. The zero-order valence-electron chi connectivity index (χ0n) is 24.2. The molecular formula is C28H32Cl2N4O8S2. The summed E-state index contributed by atoms with van der Waals surface area (Å²) >= 11 is 12.7. The van der Waals surface area contributed by atoms with Gasteiger partial charge in [-0.05, 0) is 31.1 Å². The number of hydrogen-bond acceptors (Lipinski definition) is 8. The number of allylic oxidation sites excluding steroid dienone is 3. The summed E-state index contributed by atoms with van der Waals surface area (Å²) in [6.07, 6.45) is 5.63. The van der Waals surface area contributed by atoms with Gasteiger partial charge in [0.05, 0.1) is 43.9 Å². The second kappa shape index (κ2) is 12.8. The Kier molecular flexibility index (Phi) is 9.83. The molecule has 1 aliphatic heterocycles. The Labute approximate surface area is 265 Å². The lowest BCUT2D eigenvalue weighted by Crippen LogP contribution is -2.37. The number of benzene rings is 2. The highest BCUT2D eigenvalue weighted by Gasteiger charge is 2.40. The predicted molar refractivity (Wildman–Crippen MR) is 169 cm³/mol. The normalized spacial score (nSPS) is 16.0. The van der Waals surface area contributed by atoms with E-state index in [0.29, 0.717) is 39.2 Å². The molecule has 1 aromatic heterocycles.